The molecule has 0 radical (unpaired) electrons. The number of carbonyl (C=O) groups is 3. The van der Waals surface area contributed by atoms with Crippen LogP contribution in [0.5, 0.6) is 0 Å². The van der Waals surface area contributed by atoms with Crippen molar-refractivity contribution in [1.29, 1.82) is 0 Å². The maximum atomic E-state index is 13.1. The van der Waals surface area contributed by atoms with E-state index in [1.807, 2.05) is 0 Å². The van der Waals surface area contributed by atoms with E-state index in [1.165, 1.54) is 0 Å². The Kier molecular flexibility index (Phi) is 17.0. The topological polar surface area (TPSA) is 116 Å². The zero-order valence-corrected chi connectivity index (χ0v) is 51.8. The maximum Gasteiger partial charge on any atom is 0.333 e. The highest BCUT2D eigenvalue weighted by Gasteiger charge is 2.85. The van der Waals surface area contributed by atoms with Gasteiger partial charge in [-0.25, -0.2) is 14.4 Å². The fourth-order valence-corrected chi connectivity index (χ4v) is 255. The average molecular weight is 1020 g/mol. The van der Waals surface area contributed by atoms with Gasteiger partial charge in [-0.05, 0) is 139 Å². The molecule has 0 aromatic carbocycles. The quantitative estimate of drug-likeness (QED) is 0.0603. The van der Waals surface area contributed by atoms with Crippen molar-refractivity contribution < 1.29 is 46.0 Å². The van der Waals surface area contributed by atoms with E-state index in [2.05, 4.69) is 140 Å². The second kappa shape index (κ2) is 18.9. The van der Waals surface area contributed by atoms with E-state index in [4.69, 9.17) is 31.6 Å². The van der Waals surface area contributed by atoms with Crippen LogP contribution in [0.1, 0.15) is 101 Å². The summed E-state index contributed by atoms with van der Waals surface area (Å²) in [6.07, 6.45) is 3.09. The van der Waals surface area contributed by atoms with E-state index < -0.39 is 95.1 Å². The first kappa shape index (κ1) is 56.5. The molecule has 3 heterocycles. The Bertz CT molecular complexity index is 1610. The van der Waals surface area contributed by atoms with E-state index in [-0.39, 0.29) is 17.9 Å². The summed E-state index contributed by atoms with van der Waals surface area (Å²) >= 11 is 0. The van der Waals surface area contributed by atoms with Gasteiger partial charge in [0.1, 0.15) is 25.2 Å². The van der Waals surface area contributed by atoms with Gasteiger partial charge in [-0.3, -0.25) is 0 Å². The fraction of sp³-hybridized carbons (Fsp3) is 0.800. The van der Waals surface area contributed by atoms with Gasteiger partial charge in [0.2, 0.25) is 0 Å². The molecule has 9 unspecified atom stereocenters. The van der Waals surface area contributed by atoms with E-state index in [1.54, 1.807) is 20.8 Å². The lowest BCUT2D eigenvalue weighted by Gasteiger charge is -2.74. The van der Waals surface area contributed by atoms with Gasteiger partial charge in [0, 0.05) is 16.7 Å². The molecule has 3 saturated heterocycles. The Hall–Kier alpha value is -0.795. The smallest absolute Gasteiger partial charge is 0.333 e. The van der Waals surface area contributed by atoms with Gasteiger partial charge < -0.3 is 31.6 Å². The van der Waals surface area contributed by atoms with Crippen molar-refractivity contribution in [2.75, 3.05) is 0 Å². The molecule has 0 bridgehead atoms. The second-order valence-corrected chi connectivity index (χ2v) is 95.0. The molecule has 0 saturated carbocycles. The standard InChI is InChI=1S/C45H90O10Si8/c1-25-37(49-40(46)34(4)5)43(10)28-31-60(22,57(16,17)52-43)63(55-56(13,14)15,61(23)32-29-44(11,53-58(61,18)19)38(26-2)50-41(47)35(6)7)62(24)33-30-45(12,54-59(62,20)21)39(27-3)51-42(48)36(8)9/h37-39H,4,6,8,25-33H2,1-3,5,7,9-24H3. The van der Waals surface area contributed by atoms with Crippen LogP contribution in [0.15, 0.2) is 36.5 Å². The first-order chi connectivity index (χ1) is 28.3. The molecule has 3 aliphatic heterocycles. The molecule has 0 spiro atoms. The fourth-order valence-electron chi connectivity index (χ4n) is 12.3. The van der Waals surface area contributed by atoms with Crippen LogP contribution in [0.3, 0.4) is 0 Å². The summed E-state index contributed by atoms with van der Waals surface area (Å²) in [5, 5.41) is 0. The number of hydrogen-bond acceptors (Lipinski definition) is 10. The highest BCUT2D eigenvalue weighted by molar-refractivity contribution is 8.08. The number of ether oxygens (including phenoxy) is 3. The Morgan fingerprint density at radius 3 is 0.905 bits per heavy atom. The average Bonchev–Trinajstić information content (AvgIpc) is 3.14. The molecule has 0 aliphatic carbocycles. The van der Waals surface area contributed by atoms with Crippen molar-refractivity contribution in [3.63, 3.8) is 0 Å². The summed E-state index contributed by atoms with van der Waals surface area (Å²) in [5.41, 5.74) is -0.786. The van der Waals surface area contributed by atoms with Crippen LogP contribution < -0.4 is 0 Å². The number of hydrogen-bond donors (Lipinski definition) is 0. The minimum absolute atomic E-state index is 0.369. The lowest BCUT2D eigenvalue weighted by molar-refractivity contribution is -0.158. The normalized spacial score (nSPS) is 35.2. The van der Waals surface area contributed by atoms with E-state index in [0.29, 0.717) is 36.0 Å². The van der Waals surface area contributed by atoms with Crippen molar-refractivity contribution in [3.8, 4) is 0 Å². The summed E-state index contributed by atoms with van der Waals surface area (Å²) in [6, 6.07) is 3.12. The third-order valence-electron chi connectivity index (χ3n) is 16.6. The largest absolute Gasteiger partial charge is 0.462 e. The monoisotopic (exact) mass is 1010 g/mol. The number of rotatable bonds is 17. The molecule has 9 atom stereocenters. The van der Waals surface area contributed by atoms with Crippen LogP contribution in [-0.2, 0) is 46.0 Å². The van der Waals surface area contributed by atoms with Gasteiger partial charge in [0.25, 0.3) is 0 Å². The highest BCUT2D eigenvalue weighted by Crippen LogP contribution is 2.60. The molecular formula is C45H90O10Si8. The summed E-state index contributed by atoms with van der Waals surface area (Å²) in [4.78, 5) is 39.4. The van der Waals surface area contributed by atoms with Crippen LogP contribution >= 0.6 is 0 Å². The number of carbonyl (C=O) groups excluding carboxylic acids is 3. The van der Waals surface area contributed by atoms with Crippen molar-refractivity contribution in [2.45, 2.75) is 233 Å². The molecule has 0 aromatic rings. The predicted molar refractivity (Wildman–Crippen MR) is 279 cm³/mol. The second-order valence-electron chi connectivity index (χ2n) is 23.4. The van der Waals surface area contributed by atoms with Crippen molar-refractivity contribution in [2.24, 2.45) is 0 Å². The maximum absolute atomic E-state index is 13.1. The van der Waals surface area contributed by atoms with Crippen LogP contribution in [0.4, 0.5) is 0 Å². The predicted octanol–water partition coefficient (Wildman–Crippen LogP) is 11.3. The van der Waals surface area contributed by atoms with Gasteiger partial charge in [0.05, 0.1) is 38.1 Å². The van der Waals surface area contributed by atoms with Gasteiger partial charge in [-0.15, -0.1) is 0 Å². The Labute approximate surface area is 390 Å². The number of esters is 3. The lowest BCUT2D eigenvalue weighted by Crippen LogP contribution is -3.03. The Morgan fingerprint density at radius 2 is 0.746 bits per heavy atom. The first-order valence-corrected chi connectivity index (χ1v) is 51.9. The van der Waals surface area contributed by atoms with E-state index in [9.17, 15) is 14.4 Å². The van der Waals surface area contributed by atoms with Gasteiger partial charge >= 0.3 is 17.9 Å². The molecule has 0 amide bonds. The van der Waals surface area contributed by atoms with E-state index >= 15 is 0 Å². The molecule has 362 valence electrons. The minimum Gasteiger partial charge on any atom is -0.462 e. The van der Waals surface area contributed by atoms with Crippen LogP contribution in [-0.4, -0.2) is 113 Å². The minimum atomic E-state index is -3.06. The van der Waals surface area contributed by atoms with Crippen LogP contribution in [0, 0.1) is 0 Å². The molecule has 0 N–H and O–H groups in total. The lowest BCUT2D eigenvalue weighted by atomic mass is 9.94. The molecule has 63 heavy (non-hydrogen) atoms. The van der Waals surface area contributed by atoms with Crippen LogP contribution in [0.25, 0.3) is 0 Å². The molecule has 10 nitrogen and oxygen atoms in total. The SMILES string of the molecule is C=C(C)C(=O)OC(CC)C1(C)CC[Si](C)([Si](O[Si](C)(C)C)([Si]2(C)CCC(C)(C(CC)OC(=O)C(=C)C)O[Si]2(C)C)[Si]2(C)CCC(C)(C(CC)OC(=O)C(=C)C)O[Si]2(C)C)[Si](C)(C)O1. The van der Waals surface area contributed by atoms with Crippen molar-refractivity contribution in [3.05, 3.63) is 36.5 Å². The van der Waals surface area contributed by atoms with Crippen LogP contribution in [0.2, 0.25) is 96.7 Å². The molecule has 0 aromatic heterocycles. The summed E-state index contributed by atoms with van der Waals surface area (Å²) in [7, 11) is -18.5. The van der Waals surface area contributed by atoms with Gasteiger partial charge in [-0.2, -0.15) is 0 Å². The molecule has 3 aliphatic rings. The molecular weight excluding hydrogens is 925 g/mol. The van der Waals surface area contributed by atoms with Gasteiger partial charge in [0.15, 0.2) is 31.8 Å². The highest BCUT2D eigenvalue weighted by atomic mass is 30.2. The summed E-state index contributed by atoms with van der Waals surface area (Å²) < 4.78 is 51.1. The third-order valence-corrected chi connectivity index (χ3v) is 155. The summed E-state index contributed by atoms with van der Waals surface area (Å²) in [5.74, 6) is -1.11. The van der Waals surface area contributed by atoms with Crippen molar-refractivity contribution in [1.82, 2.24) is 0 Å². The first-order valence-electron chi connectivity index (χ1n) is 23.7. The zero-order valence-electron chi connectivity index (χ0n) is 43.8. The Balaban J connectivity index is 2.49. The zero-order chi connectivity index (χ0) is 49.0. The van der Waals surface area contributed by atoms with Crippen molar-refractivity contribution >= 4 is 77.9 Å². The third kappa shape index (κ3) is 10.0. The molecule has 3 fully saturated rings. The molecule has 3 rings (SSSR count). The summed E-state index contributed by atoms with van der Waals surface area (Å²) in [6.45, 7) is 57.0. The van der Waals surface area contributed by atoms with E-state index in [0.717, 1.165) is 37.4 Å². The Morgan fingerprint density at radius 1 is 0.524 bits per heavy atom. The van der Waals surface area contributed by atoms with Gasteiger partial charge in [-0.1, -0.05) is 78.3 Å². The molecule has 18 heteroatoms.